The van der Waals surface area contributed by atoms with Crippen LogP contribution in [-0.2, 0) is 0 Å². The smallest absolute Gasteiger partial charge is 0.0835 e. The molecule has 40 valence electrons. The molecular weight excluding hydrogens is 96.1 g/mol. The molecule has 0 N–H and O–H groups in total. The molecule has 0 aromatic carbocycles. The molecule has 0 radical (unpaired) electrons. The van der Waals surface area contributed by atoms with Crippen LogP contribution in [-0.4, -0.2) is 0 Å². The first-order valence-electron chi connectivity index (χ1n) is 3.15. The van der Waals surface area contributed by atoms with E-state index in [1.165, 1.54) is 6.42 Å². The summed E-state index contributed by atoms with van der Waals surface area (Å²) in [6, 6.07) is 0. The minimum Gasteiger partial charge on any atom is -0.0835 e. The molecule has 2 aliphatic carbocycles. The maximum atomic E-state index is 2.30. The SMILES string of the molecule is C1=CC2CC=CC2[CH+]1. The van der Waals surface area contributed by atoms with Crippen molar-refractivity contribution in [2.24, 2.45) is 11.8 Å². The van der Waals surface area contributed by atoms with Crippen molar-refractivity contribution in [2.45, 2.75) is 6.42 Å². The van der Waals surface area contributed by atoms with E-state index in [4.69, 9.17) is 0 Å². The lowest BCUT2D eigenvalue weighted by Crippen LogP contribution is -1.97. The first-order chi connectivity index (χ1) is 3.97. The van der Waals surface area contributed by atoms with Crippen molar-refractivity contribution in [3.05, 3.63) is 30.7 Å². The minimum atomic E-state index is 0.759. The molecule has 0 aromatic rings. The second-order valence-corrected chi connectivity index (χ2v) is 2.48. The molecule has 8 heavy (non-hydrogen) atoms. The quantitative estimate of drug-likeness (QED) is 0.326. The fourth-order valence-electron chi connectivity index (χ4n) is 1.44. The summed E-state index contributed by atoms with van der Waals surface area (Å²) >= 11 is 0. The van der Waals surface area contributed by atoms with Crippen molar-refractivity contribution < 1.29 is 0 Å². The fraction of sp³-hybridized carbons (Fsp3) is 0.375. The molecule has 0 heterocycles. The van der Waals surface area contributed by atoms with E-state index in [-0.39, 0.29) is 0 Å². The molecule has 0 aliphatic heterocycles. The Morgan fingerprint density at radius 3 is 3.25 bits per heavy atom. The van der Waals surface area contributed by atoms with Gasteiger partial charge in [-0.2, -0.15) is 0 Å². The van der Waals surface area contributed by atoms with Gasteiger partial charge in [-0.3, -0.25) is 0 Å². The van der Waals surface area contributed by atoms with Crippen molar-refractivity contribution in [1.29, 1.82) is 0 Å². The maximum Gasteiger partial charge on any atom is 0.0904 e. The second kappa shape index (κ2) is 1.41. The number of fused-ring (bicyclic) bond motifs is 1. The molecule has 2 rings (SSSR count). The molecule has 0 saturated carbocycles. The molecule has 2 unspecified atom stereocenters. The van der Waals surface area contributed by atoms with Gasteiger partial charge in [0.2, 0.25) is 0 Å². The fourth-order valence-corrected chi connectivity index (χ4v) is 1.44. The van der Waals surface area contributed by atoms with E-state index in [0.717, 1.165) is 11.8 Å². The van der Waals surface area contributed by atoms with Gasteiger partial charge in [0.1, 0.15) is 0 Å². The lowest BCUT2D eigenvalue weighted by Gasteiger charge is -1.96. The third-order valence-electron chi connectivity index (χ3n) is 1.95. The summed E-state index contributed by atoms with van der Waals surface area (Å²) in [5.74, 6) is 1.59. The summed E-state index contributed by atoms with van der Waals surface area (Å²) < 4.78 is 0. The summed E-state index contributed by atoms with van der Waals surface area (Å²) in [5, 5.41) is 0. The monoisotopic (exact) mass is 105 g/mol. The van der Waals surface area contributed by atoms with E-state index in [1.807, 2.05) is 0 Å². The zero-order chi connectivity index (χ0) is 5.40. The largest absolute Gasteiger partial charge is 0.0904 e. The highest BCUT2D eigenvalue weighted by Gasteiger charge is 2.30. The normalized spacial score (nSPS) is 40.0. The van der Waals surface area contributed by atoms with Crippen molar-refractivity contribution >= 4 is 0 Å². The van der Waals surface area contributed by atoms with Gasteiger partial charge in [-0.25, -0.2) is 0 Å². The zero-order valence-corrected chi connectivity index (χ0v) is 4.75. The summed E-state index contributed by atoms with van der Waals surface area (Å²) in [5.41, 5.74) is 0. The van der Waals surface area contributed by atoms with Crippen LogP contribution in [0.25, 0.3) is 0 Å². The van der Waals surface area contributed by atoms with E-state index >= 15 is 0 Å². The van der Waals surface area contributed by atoms with Crippen LogP contribution < -0.4 is 0 Å². The highest BCUT2D eigenvalue weighted by atomic mass is 14.3. The van der Waals surface area contributed by atoms with E-state index < -0.39 is 0 Å². The number of rotatable bonds is 0. The highest BCUT2D eigenvalue weighted by molar-refractivity contribution is 5.22. The average Bonchev–Trinajstić information content (AvgIpc) is 2.15. The van der Waals surface area contributed by atoms with Crippen LogP contribution in [0.15, 0.2) is 24.3 Å². The van der Waals surface area contributed by atoms with Gasteiger partial charge in [-0.1, -0.05) is 12.2 Å². The Kier molecular flexibility index (Phi) is 0.750. The Morgan fingerprint density at radius 1 is 1.38 bits per heavy atom. The van der Waals surface area contributed by atoms with Crippen molar-refractivity contribution in [1.82, 2.24) is 0 Å². The Balaban J connectivity index is 2.20. The molecule has 0 heteroatoms. The molecule has 0 saturated heterocycles. The van der Waals surface area contributed by atoms with Crippen LogP contribution in [0.1, 0.15) is 6.42 Å². The molecule has 2 aliphatic rings. The van der Waals surface area contributed by atoms with Crippen LogP contribution in [0.5, 0.6) is 0 Å². The molecule has 0 bridgehead atoms. The van der Waals surface area contributed by atoms with Crippen LogP contribution in [0.4, 0.5) is 0 Å². The summed E-state index contributed by atoms with van der Waals surface area (Å²) in [6.07, 6.45) is 12.6. The van der Waals surface area contributed by atoms with Crippen molar-refractivity contribution in [2.75, 3.05) is 0 Å². The van der Waals surface area contributed by atoms with E-state index in [2.05, 4.69) is 30.7 Å². The first-order valence-corrected chi connectivity index (χ1v) is 3.15. The van der Waals surface area contributed by atoms with Crippen molar-refractivity contribution in [3.8, 4) is 0 Å². The molecule has 0 nitrogen and oxygen atoms in total. The topological polar surface area (TPSA) is 0 Å². The van der Waals surface area contributed by atoms with Crippen LogP contribution in [0.3, 0.4) is 0 Å². The average molecular weight is 105 g/mol. The molecule has 0 aromatic heterocycles. The predicted octanol–water partition coefficient (Wildman–Crippen LogP) is 1.95. The minimum absolute atomic E-state index is 0.759. The van der Waals surface area contributed by atoms with Gasteiger partial charge in [0.25, 0.3) is 0 Å². The Labute approximate surface area is 49.9 Å². The van der Waals surface area contributed by atoms with Gasteiger partial charge in [0.05, 0.1) is 17.9 Å². The highest BCUT2D eigenvalue weighted by Crippen LogP contribution is 2.33. The summed E-state index contributed by atoms with van der Waals surface area (Å²) in [6.45, 7) is 0. The van der Waals surface area contributed by atoms with E-state index in [0.29, 0.717) is 0 Å². The molecular formula is C8H9+. The Hall–Kier alpha value is -0.650. The Bertz CT molecular complexity index is 124. The van der Waals surface area contributed by atoms with Crippen LogP contribution >= 0.6 is 0 Å². The zero-order valence-electron chi connectivity index (χ0n) is 4.75. The van der Waals surface area contributed by atoms with Gasteiger partial charge < -0.3 is 0 Å². The lowest BCUT2D eigenvalue weighted by atomic mass is 10.0. The maximum absolute atomic E-state index is 2.30. The van der Waals surface area contributed by atoms with Gasteiger partial charge in [-0.15, -0.1) is 0 Å². The second-order valence-electron chi connectivity index (χ2n) is 2.48. The van der Waals surface area contributed by atoms with Gasteiger partial charge in [-0.05, 0) is 6.42 Å². The Morgan fingerprint density at radius 2 is 2.38 bits per heavy atom. The number of hydrogen-bond donors (Lipinski definition) is 0. The standard InChI is InChI=1S/C8H9/c1-3-7-5-2-6-8(7)4-1/h1-5,7-8H,6H2/q+1. The van der Waals surface area contributed by atoms with Gasteiger partial charge >= 0.3 is 0 Å². The molecule has 0 spiro atoms. The number of hydrogen-bond acceptors (Lipinski definition) is 0. The molecule has 0 fully saturated rings. The van der Waals surface area contributed by atoms with E-state index in [1.54, 1.807) is 0 Å². The third kappa shape index (κ3) is 0.430. The van der Waals surface area contributed by atoms with Crippen LogP contribution in [0.2, 0.25) is 0 Å². The summed E-state index contributed by atoms with van der Waals surface area (Å²) in [7, 11) is 0. The lowest BCUT2D eigenvalue weighted by molar-refractivity contribution is 0.608. The summed E-state index contributed by atoms with van der Waals surface area (Å²) in [4.78, 5) is 0. The van der Waals surface area contributed by atoms with Crippen LogP contribution in [0, 0.1) is 18.3 Å². The third-order valence-corrected chi connectivity index (χ3v) is 1.95. The first kappa shape index (κ1) is 4.25. The molecule has 2 atom stereocenters. The predicted molar refractivity (Wildman–Crippen MR) is 34.2 cm³/mol. The number of allylic oxidation sites excluding steroid dienone is 4. The molecule has 0 amide bonds. The van der Waals surface area contributed by atoms with Gasteiger partial charge in [0, 0.05) is 12.5 Å². The van der Waals surface area contributed by atoms with Crippen molar-refractivity contribution in [3.63, 3.8) is 0 Å². The van der Waals surface area contributed by atoms with E-state index in [9.17, 15) is 0 Å². The van der Waals surface area contributed by atoms with Gasteiger partial charge in [0.15, 0.2) is 0 Å².